The molecule has 2 aromatic rings. The molecular weight excluding hydrogens is 398 g/mol. The number of hydrogen-bond acceptors (Lipinski definition) is 8. The van der Waals surface area contributed by atoms with Crippen molar-refractivity contribution in [3.63, 3.8) is 0 Å². The van der Waals surface area contributed by atoms with Gasteiger partial charge in [-0.05, 0) is 38.1 Å². The predicted octanol–water partition coefficient (Wildman–Crippen LogP) is 3.20. The first-order chi connectivity index (χ1) is 13.4. The summed E-state index contributed by atoms with van der Waals surface area (Å²) in [6.45, 7) is 6.22. The Kier molecular flexibility index (Phi) is 8.13. The number of carbonyl (C=O) groups is 1. The monoisotopic (exact) mass is 421 g/mol. The first kappa shape index (κ1) is 22.0. The molecule has 0 fully saturated rings. The third kappa shape index (κ3) is 5.62. The highest BCUT2D eigenvalue weighted by Crippen LogP contribution is 2.31. The molecule has 150 valence electrons. The molecular formula is C18H24ClN7OS. The second-order valence-corrected chi connectivity index (χ2v) is 7.34. The third-order valence-electron chi connectivity index (χ3n) is 4.29. The van der Waals surface area contributed by atoms with Crippen LogP contribution in [0, 0.1) is 6.92 Å². The molecule has 1 atom stereocenters. The zero-order chi connectivity index (χ0) is 20.7. The van der Waals surface area contributed by atoms with Gasteiger partial charge >= 0.3 is 0 Å². The van der Waals surface area contributed by atoms with Crippen LogP contribution in [0.25, 0.3) is 0 Å². The van der Waals surface area contributed by atoms with E-state index in [0.717, 1.165) is 11.3 Å². The Morgan fingerprint density at radius 3 is 2.64 bits per heavy atom. The molecule has 2 aromatic heterocycles. The summed E-state index contributed by atoms with van der Waals surface area (Å²) < 4.78 is 0. The number of amidine groups is 1. The lowest BCUT2D eigenvalue weighted by Gasteiger charge is -2.26. The minimum absolute atomic E-state index is 0.143. The van der Waals surface area contributed by atoms with Gasteiger partial charge in [0.05, 0.1) is 12.2 Å². The van der Waals surface area contributed by atoms with E-state index in [-0.39, 0.29) is 23.7 Å². The largest absolute Gasteiger partial charge is 0.360 e. The van der Waals surface area contributed by atoms with Gasteiger partial charge in [-0.3, -0.25) is 4.79 Å². The fourth-order valence-electron chi connectivity index (χ4n) is 2.32. The van der Waals surface area contributed by atoms with Crippen molar-refractivity contribution in [3.8, 4) is 0 Å². The Hall–Kier alpha value is -2.26. The van der Waals surface area contributed by atoms with Crippen LogP contribution >= 0.6 is 23.4 Å². The van der Waals surface area contributed by atoms with Gasteiger partial charge in [-0.25, -0.2) is 19.9 Å². The van der Waals surface area contributed by atoms with E-state index in [2.05, 4.69) is 44.1 Å². The normalized spacial score (nSPS) is 12.6. The molecule has 1 N–H and O–H groups in total. The number of halogens is 1. The van der Waals surface area contributed by atoms with E-state index in [0.29, 0.717) is 29.3 Å². The third-order valence-corrected chi connectivity index (χ3v) is 5.14. The maximum Gasteiger partial charge on any atom is 0.224 e. The molecule has 0 saturated heterocycles. The predicted molar refractivity (Wildman–Crippen MR) is 114 cm³/mol. The Morgan fingerprint density at radius 1 is 1.39 bits per heavy atom. The van der Waals surface area contributed by atoms with Crippen molar-refractivity contribution in [2.45, 2.75) is 44.7 Å². The topological polar surface area (TPSA) is 96.3 Å². The number of anilines is 1. The van der Waals surface area contributed by atoms with Gasteiger partial charge in [0.2, 0.25) is 5.28 Å². The Bertz CT molecular complexity index is 845. The summed E-state index contributed by atoms with van der Waals surface area (Å²) in [5.41, 5.74) is 1.09. The summed E-state index contributed by atoms with van der Waals surface area (Å²) in [5.74, 6) is 1.28. The average molecular weight is 422 g/mol. The number of aliphatic imine (C=N–C) groups is 1. The minimum Gasteiger partial charge on any atom is -0.360 e. The number of nitrogens with one attached hydrogen (secondary N) is 1. The SMILES string of the molecule is CC[C@@H](C)N(C)c1nc(Cl)nc(C)c1/N=C(\C=O)NCc1ncc(SC)cn1. The van der Waals surface area contributed by atoms with E-state index in [9.17, 15) is 4.79 Å². The van der Waals surface area contributed by atoms with Crippen molar-refractivity contribution < 1.29 is 4.79 Å². The van der Waals surface area contributed by atoms with Crippen molar-refractivity contribution in [1.29, 1.82) is 0 Å². The van der Waals surface area contributed by atoms with Crippen molar-refractivity contribution in [2.24, 2.45) is 4.99 Å². The molecule has 28 heavy (non-hydrogen) atoms. The molecule has 0 spiro atoms. The fraction of sp³-hybridized carbons (Fsp3) is 0.444. The molecule has 0 aliphatic carbocycles. The molecule has 10 heteroatoms. The summed E-state index contributed by atoms with van der Waals surface area (Å²) in [6.07, 6.45) is 7.00. The minimum atomic E-state index is 0.143. The van der Waals surface area contributed by atoms with Gasteiger partial charge in [0.15, 0.2) is 17.9 Å². The lowest BCUT2D eigenvalue weighted by molar-refractivity contribution is -0.102. The Labute approximate surface area is 174 Å². The van der Waals surface area contributed by atoms with E-state index in [1.54, 1.807) is 31.1 Å². The van der Waals surface area contributed by atoms with Crippen LogP contribution in [-0.2, 0) is 11.3 Å². The summed E-state index contributed by atoms with van der Waals surface area (Å²) in [5, 5.41) is 3.11. The summed E-state index contributed by atoms with van der Waals surface area (Å²) in [7, 11) is 1.92. The summed E-state index contributed by atoms with van der Waals surface area (Å²) in [6, 6.07) is 0.218. The smallest absolute Gasteiger partial charge is 0.224 e. The van der Waals surface area contributed by atoms with Gasteiger partial charge in [0.25, 0.3) is 0 Å². The Morgan fingerprint density at radius 2 is 2.07 bits per heavy atom. The standard InChI is InChI=1S/C18H24ClN7OS/c1-6-11(2)26(4)17-16(12(3)23-18(19)25-17)24-15(10-27)22-9-14-20-7-13(28-5)8-21-14/h7-8,10-11H,6,9H2,1-5H3,(H,22,24)/t11-/m1/s1. The molecule has 0 unspecified atom stereocenters. The number of nitrogens with zero attached hydrogens (tertiary/aromatic N) is 6. The van der Waals surface area contributed by atoms with Crippen molar-refractivity contribution in [1.82, 2.24) is 25.3 Å². The molecule has 0 amide bonds. The van der Waals surface area contributed by atoms with Gasteiger partial charge in [-0.15, -0.1) is 11.8 Å². The fourth-order valence-corrected chi connectivity index (χ4v) is 2.84. The number of thioether (sulfide) groups is 1. The van der Waals surface area contributed by atoms with Crippen molar-refractivity contribution in [2.75, 3.05) is 18.2 Å². The van der Waals surface area contributed by atoms with Gasteiger partial charge in [0, 0.05) is 30.4 Å². The van der Waals surface area contributed by atoms with Gasteiger partial charge < -0.3 is 10.2 Å². The average Bonchev–Trinajstić information content (AvgIpc) is 2.71. The summed E-state index contributed by atoms with van der Waals surface area (Å²) >= 11 is 7.61. The first-order valence-corrected chi connectivity index (χ1v) is 10.4. The van der Waals surface area contributed by atoms with Crippen molar-refractivity contribution in [3.05, 3.63) is 29.2 Å². The molecule has 0 aliphatic rings. The number of hydrogen-bond donors (Lipinski definition) is 1. The van der Waals surface area contributed by atoms with E-state index < -0.39 is 0 Å². The van der Waals surface area contributed by atoms with Crippen LogP contribution in [-0.4, -0.2) is 51.4 Å². The van der Waals surface area contributed by atoms with Crippen LogP contribution in [0.3, 0.4) is 0 Å². The second kappa shape index (κ2) is 10.3. The highest BCUT2D eigenvalue weighted by atomic mass is 35.5. The molecule has 0 radical (unpaired) electrons. The quantitative estimate of drug-likeness (QED) is 0.228. The number of aryl methyl sites for hydroxylation is 1. The molecule has 8 nitrogen and oxygen atoms in total. The molecule has 0 aliphatic heterocycles. The zero-order valence-electron chi connectivity index (χ0n) is 16.6. The maximum absolute atomic E-state index is 11.6. The number of rotatable bonds is 8. The number of aldehydes is 1. The van der Waals surface area contributed by atoms with E-state index >= 15 is 0 Å². The lowest BCUT2D eigenvalue weighted by atomic mass is 10.2. The highest BCUT2D eigenvalue weighted by Gasteiger charge is 2.18. The number of carbonyl (C=O) groups excluding carboxylic acids is 1. The van der Waals surface area contributed by atoms with Crippen LogP contribution in [0.15, 0.2) is 22.3 Å². The maximum atomic E-state index is 11.6. The van der Waals surface area contributed by atoms with Crippen LogP contribution in [0.1, 0.15) is 31.8 Å². The molecule has 0 bridgehead atoms. The van der Waals surface area contributed by atoms with E-state index in [4.69, 9.17) is 11.6 Å². The van der Waals surface area contributed by atoms with Gasteiger partial charge in [-0.2, -0.15) is 4.98 Å². The van der Waals surface area contributed by atoms with Crippen LogP contribution < -0.4 is 10.2 Å². The summed E-state index contributed by atoms with van der Waals surface area (Å²) in [4.78, 5) is 36.0. The highest BCUT2D eigenvalue weighted by molar-refractivity contribution is 7.98. The second-order valence-electron chi connectivity index (χ2n) is 6.13. The van der Waals surface area contributed by atoms with Gasteiger partial charge in [-0.1, -0.05) is 6.92 Å². The van der Waals surface area contributed by atoms with E-state index in [1.807, 2.05) is 18.2 Å². The molecule has 0 saturated carbocycles. The zero-order valence-corrected chi connectivity index (χ0v) is 18.2. The first-order valence-electron chi connectivity index (χ1n) is 8.79. The molecule has 0 aromatic carbocycles. The molecule has 2 rings (SSSR count). The number of aromatic nitrogens is 4. The van der Waals surface area contributed by atoms with Crippen LogP contribution in [0.4, 0.5) is 11.5 Å². The van der Waals surface area contributed by atoms with E-state index in [1.165, 1.54) is 0 Å². The van der Waals surface area contributed by atoms with Crippen LogP contribution in [0.2, 0.25) is 5.28 Å². The van der Waals surface area contributed by atoms with Crippen LogP contribution in [0.5, 0.6) is 0 Å². The van der Waals surface area contributed by atoms with Crippen molar-refractivity contribution >= 4 is 47.0 Å². The van der Waals surface area contributed by atoms with Gasteiger partial charge in [0.1, 0.15) is 11.5 Å². The molecule has 2 heterocycles. The lowest BCUT2D eigenvalue weighted by Crippen LogP contribution is -2.30. The Balaban J connectivity index is 2.30.